The van der Waals surface area contributed by atoms with Crippen molar-refractivity contribution in [3.8, 4) is 5.75 Å². The number of nitrogens with two attached hydrogens (primary N) is 1. The number of methoxy groups -OCH3 is 1. The molecule has 2 N–H and O–H groups in total. The molecule has 3 aromatic carbocycles. The van der Waals surface area contributed by atoms with Gasteiger partial charge in [0.15, 0.2) is 5.82 Å². The normalized spacial score (nSPS) is 12.4. The summed E-state index contributed by atoms with van der Waals surface area (Å²) in [6.45, 7) is 0.0438. The Bertz CT molecular complexity index is 1390. The zero-order chi connectivity index (χ0) is 25.1. The summed E-state index contributed by atoms with van der Waals surface area (Å²) >= 11 is 0. The van der Waals surface area contributed by atoms with Crippen molar-refractivity contribution in [2.75, 3.05) is 28.4 Å². The highest BCUT2D eigenvalue weighted by atomic mass is 35.5. The van der Waals surface area contributed by atoms with Gasteiger partial charge in [0.05, 0.1) is 31.6 Å². The largest absolute Gasteiger partial charge is 0.497 e. The fourth-order valence-electron chi connectivity index (χ4n) is 4.06. The van der Waals surface area contributed by atoms with E-state index in [1.165, 1.54) is 9.80 Å². The van der Waals surface area contributed by atoms with Gasteiger partial charge in [-0.25, -0.2) is 19.6 Å². The van der Waals surface area contributed by atoms with Crippen LogP contribution in [0, 0.1) is 0 Å². The summed E-state index contributed by atoms with van der Waals surface area (Å²) in [5.74, 6) is 0.880. The van der Waals surface area contributed by atoms with Crippen LogP contribution in [0.1, 0.15) is 5.56 Å². The van der Waals surface area contributed by atoms with E-state index in [1.54, 1.807) is 42.5 Å². The molecule has 4 aromatic rings. The van der Waals surface area contributed by atoms with Gasteiger partial charge in [0, 0.05) is 17.4 Å². The molecule has 0 unspecified atom stereocenters. The number of fused-ring (bicyclic) bond motifs is 1. The first-order chi connectivity index (χ1) is 17.6. The van der Waals surface area contributed by atoms with Gasteiger partial charge in [-0.05, 0) is 48.5 Å². The van der Waals surface area contributed by atoms with Crippen molar-refractivity contribution >= 4 is 53.2 Å². The van der Waals surface area contributed by atoms with Crippen molar-refractivity contribution < 1.29 is 14.3 Å². The lowest BCUT2D eigenvalue weighted by molar-refractivity contribution is -0.116. The highest BCUT2D eigenvalue weighted by molar-refractivity contribution is 6.10. The molecule has 188 valence electrons. The lowest BCUT2D eigenvalue weighted by Crippen LogP contribution is -2.46. The highest BCUT2D eigenvalue weighted by Gasteiger charge is 2.35. The number of para-hydroxylation sites is 2. The van der Waals surface area contributed by atoms with Gasteiger partial charge in [0.25, 0.3) is 0 Å². The third-order valence-corrected chi connectivity index (χ3v) is 5.83. The number of rotatable bonds is 6. The smallest absolute Gasteiger partial charge is 0.335 e. The number of benzene rings is 3. The summed E-state index contributed by atoms with van der Waals surface area (Å²) in [6, 6.07) is 25.3. The summed E-state index contributed by atoms with van der Waals surface area (Å²) in [5, 5.41) is 0. The summed E-state index contributed by atoms with van der Waals surface area (Å²) in [5.41, 5.74) is 8.37. The van der Waals surface area contributed by atoms with E-state index in [0.29, 0.717) is 28.6 Å². The summed E-state index contributed by atoms with van der Waals surface area (Å²) < 4.78 is 5.26. The van der Waals surface area contributed by atoms with Crippen molar-refractivity contribution in [3.63, 3.8) is 0 Å². The maximum absolute atomic E-state index is 13.8. The topological polar surface area (TPSA) is 105 Å². The van der Waals surface area contributed by atoms with Crippen LogP contribution < -0.4 is 25.2 Å². The van der Waals surface area contributed by atoms with Crippen molar-refractivity contribution in [2.24, 2.45) is 5.73 Å². The summed E-state index contributed by atoms with van der Waals surface area (Å²) in [6.07, 6.45) is 1.65. The molecule has 0 spiro atoms. The van der Waals surface area contributed by atoms with E-state index < -0.39 is 0 Å². The molecule has 1 aliphatic rings. The molecule has 2 heterocycles. The molecule has 0 aliphatic carbocycles. The molecule has 1 aromatic heterocycles. The first kappa shape index (κ1) is 25.6. The van der Waals surface area contributed by atoms with Gasteiger partial charge in [0.1, 0.15) is 5.75 Å². The minimum Gasteiger partial charge on any atom is -0.497 e. The number of aromatic nitrogens is 2. The quantitative estimate of drug-likeness (QED) is 0.394. The van der Waals surface area contributed by atoms with Crippen molar-refractivity contribution in [3.05, 3.63) is 96.7 Å². The van der Waals surface area contributed by atoms with Gasteiger partial charge in [-0.3, -0.25) is 9.69 Å². The number of anilines is 5. The van der Waals surface area contributed by atoms with Crippen LogP contribution in [0.4, 0.5) is 33.6 Å². The number of ether oxygens (including phenoxy) is 1. The second kappa shape index (κ2) is 11.1. The Balaban J connectivity index is 0.00000320. The fraction of sp³-hybridized carbons (Fsp3) is 0.111. The summed E-state index contributed by atoms with van der Waals surface area (Å²) in [7, 11) is 1.59. The molecule has 3 amide bonds. The van der Waals surface area contributed by atoms with Gasteiger partial charge >= 0.3 is 6.03 Å². The van der Waals surface area contributed by atoms with Gasteiger partial charge in [-0.1, -0.05) is 36.4 Å². The fourth-order valence-corrected chi connectivity index (χ4v) is 4.06. The Morgan fingerprint density at radius 3 is 2.24 bits per heavy atom. The monoisotopic (exact) mass is 516 g/mol. The molecule has 0 atom stereocenters. The van der Waals surface area contributed by atoms with E-state index in [-0.39, 0.29) is 43.4 Å². The number of hydrogen-bond acceptors (Lipinski definition) is 6. The maximum atomic E-state index is 13.8. The van der Waals surface area contributed by atoms with E-state index >= 15 is 0 Å². The number of amides is 3. The third-order valence-electron chi connectivity index (χ3n) is 5.83. The van der Waals surface area contributed by atoms with Crippen molar-refractivity contribution in [1.29, 1.82) is 0 Å². The molecule has 37 heavy (non-hydrogen) atoms. The second-order valence-electron chi connectivity index (χ2n) is 8.03. The van der Waals surface area contributed by atoms with Crippen LogP contribution in [-0.2, 0) is 11.3 Å². The van der Waals surface area contributed by atoms with Crippen molar-refractivity contribution in [2.45, 2.75) is 6.54 Å². The van der Waals surface area contributed by atoms with Crippen LogP contribution in [0.2, 0.25) is 0 Å². The molecule has 1 aliphatic heterocycles. The molecular formula is C27H25ClN6O3. The Morgan fingerprint density at radius 1 is 0.973 bits per heavy atom. The zero-order valence-electron chi connectivity index (χ0n) is 20.0. The molecule has 0 bridgehead atoms. The number of nitrogens with zero attached hydrogens (tertiary/aromatic N) is 5. The van der Waals surface area contributed by atoms with E-state index in [1.807, 2.05) is 60.7 Å². The molecule has 0 saturated carbocycles. The number of carbonyl (C=O) groups excluding carboxylic acids is 2. The Hall–Kier alpha value is -4.47. The number of carbonyl (C=O) groups is 2. The maximum Gasteiger partial charge on any atom is 0.335 e. The number of hydrogen-bond donors (Lipinski definition) is 1. The Labute approximate surface area is 220 Å². The molecule has 9 nitrogen and oxygen atoms in total. The molecule has 10 heteroatoms. The second-order valence-corrected chi connectivity index (χ2v) is 8.03. The third kappa shape index (κ3) is 4.95. The average Bonchev–Trinajstić information content (AvgIpc) is 2.94. The molecule has 5 rings (SSSR count). The molecule has 0 saturated heterocycles. The van der Waals surface area contributed by atoms with Gasteiger partial charge in [-0.2, -0.15) is 4.98 Å². The van der Waals surface area contributed by atoms with Crippen LogP contribution in [0.15, 0.2) is 91.1 Å². The van der Waals surface area contributed by atoms with Gasteiger partial charge in [-0.15, -0.1) is 12.4 Å². The standard InChI is InChI=1S/C27H24N6O3.ClH/c1-36-23-14-12-20(13-15-23)31-18-19-17-29-26(32(24(34)16-28)21-8-4-2-5-9-21)30-25(19)33(27(31)35)22-10-6-3-7-11-22;/h2-15,17H,16,18,28H2,1H3;1H. The Kier molecular flexibility index (Phi) is 7.66. The summed E-state index contributed by atoms with van der Waals surface area (Å²) in [4.78, 5) is 40.4. The predicted molar refractivity (Wildman–Crippen MR) is 145 cm³/mol. The zero-order valence-corrected chi connectivity index (χ0v) is 20.8. The van der Waals surface area contributed by atoms with E-state index in [4.69, 9.17) is 15.5 Å². The van der Waals surface area contributed by atoms with E-state index in [2.05, 4.69) is 4.98 Å². The van der Waals surface area contributed by atoms with E-state index in [9.17, 15) is 9.59 Å². The van der Waals surface area contributed by atoms with Crippen LogP contribution in [0.5, 0.6) is 5.75 Å². The van der Waals surface area contributed by atoms with Gasteiger partial charge in [0.2, 0.25) is 11.9 Å². The number of halogens is 1. The first-order valence-corrected chi connectivity index (χ1v) is 11.4. The molecule has 0 radical (unpaired) electrons. The van der Waals surface area contributed by atoms with Crippen LogP contribution in [-0.4, -0.2) is 35.6 Å². The van der Waals surface area contributed by atoms with Crippen LogP contribution in [0.25, 0.3) is 0 Å². The molecular weight excluding hydrogens is 492 g/mol. The highest BCUT2D eigenvalue weighted by Crippen LogP contribution is 2.37. The van der Waals surface area contributed by atoms with Crippen LogP contribution in [0.3, 0.4) is 0 Å². The lowest BCUT2D eigenvalue weighted by atomic mass is 10.1. The van der Waals surface area contributed by atoms with E-state index in [0.717, 1.165) is 5.56 Å². The average molecular weight is 517 g/mol. The lowest BCUT2D eigenvalue weighted by Gasteiger charge is -2.36. The minimum atomic E-state index is -0.366. The van der Waals surface area contributed by atoms with Gasteiger partial charge < -0.3 is 10.5 Å². The van der Waals surface area contributed by atoms with Crippen molar-refractivity contribution in [1.82, 2.24) is 9.97 Å². The minimum absolute atomic E-state index is 0. The first-order valence-electron chi connectivity index (χ1n) is 11.4. The Morgan fingerprint density at radius 2 is 1.62 bits per heavy atom. The number of urea groups is 1. The SMILES string of the molecule is COc1ccc(N2Cc3cnc(N(C(=O)CN)c4ccccc4)nc3N(c3ccccc3)C2=O)cc1.Cl. The predicted octanol–water partition coefficient (Wildman–Crippen LogP) is 4.81. The molecule has 0 fully saturated rings. The van der Waals surface area contributed by atoms with Crippen LogP contribution >= 0.6 is 12.4 Å².